The van der Waals surface area contributed by atoms with Crippen molar-refractivity contribution in [1.29, 1.82) is 0 Å². The summed E-state index contributed by atoms with van der Waals surface area (Å²) in [5.41, 5.74) is 0.168. The van der Waals surface area contributed by atoms with E-state index in [-0.39, 0.29) is 17.0 Å². The molecule has 1 saturated heterocycles. The highest BCUT2D eigenvalue weighted by Crippen LogP contribution is 2.60. The van der Waals surface area contributed by atoms with Gasteiger partial charge in [0.2, 0.25) is 0 Å². The third-order valence-corrected chi connectivity index (χ3v) is 9.24. The average Bonchev–Trinajstić information content (AvgIpc) is 3.06. The minimum absolute atomic E-state index is 0.176. The summed E-state index contributed by atoms with van der Waals surface area (Å²) < 4.78 is 17.1. The van der Waals surface area contributed by atoms with Gasteiger partial charge in [0, 0.05) is 0 Å². The Balaban J connectivity index is 1.33. The van der Waals surface area contributed by atoms with E-state index in [0.717, 1.165) is 35.9 Å². The van der Waals surface area contributed by atoms with Crippen LogP contribution >= 0.6 is 27.7 Å². The first-order valence-corrected chi connectivity index (χ1v) is 14.2. The summed E-state index contributed by atoms with van der Waals surface area (Å²) >= 11 is 4.26. The van der Waals surface area contributed by atoms with Crippen LogP contribution in [0, 0.1) is 23.2 Å². The molecule has 0 spiro atoms. The zero-order valence-electron chi connectivity index (χ0n) is 21.1. The van der Waals surface area contributed by atoms with Crippen molar-refractivity contribution in [2.45, 2.75) is 58.5 Å². The molecule has 5 aliphatic rings. The molecule has 6 rings (SSSR count). The van der Waals surface area contributed by atoms with Gasteiger partial charge in [0.15, 0.2) is 11.5 Å². The molecule has 0 N–H and O–H groups in total. The maximum absolute atomic E-state index is 13.5. The Morgan fingerprint density at radius 3 is 2.32 bits per heavy atom. The van der Waals surface area contributed by atoms with Crippen LogP contribution in [-0.4, -0.2) is 47.7 Å². The molecule has 0 aromatic heterocycles. The van der Waals surface area contributed by atoms with E-state index in [2.05, 4.69) is 15.9 Å². The second kappa shape index (κ2) is 10.1. The molecule has 1 aromatic rings. The minimum atomic E-state index is -0.645. The van der Waals surface area contributed by atoms with E-state index in [1.165, 1.54) is 26.4 Å². The van der Waals surface area contributed by atoms with Crippen LogP contribution in [0.2, 0.25) is 0 Å². The number of thioether (sulfide) groups is 1. The normalized spacial score (nSPS) is 29.4. The van der Waals surface area contributed by atoms with Crippen molar-refractivity contribution in [3.63, 3.8) is 0 Å². The van der Waals surface area contributed by atoms with Crippen LogP contribution in [0.5, 0.6) is 11.5 Å². The zero-order valence-corrected chi connectivity index (χ0v) is 23.5. The van der Waals surface area contributed by atoms with E-state index in [0.29, 0.717) is 39.3 Å². The highest BCUT2D eigenvalue weighted by molar-refractivity contribution is 9.10. The van der Waals surface area contributed by atoms with Crippen LogP contribution in [0.15, 0.2) is 21.5 Å². The van der Waals surface area contributed by atoms with Crippen molar-refractivity contribution in [2.75, 3.05) is 13.7 Å². The lowest BCUT2D eigenvalue weighted by Gasteiger charge is -2.55. The molecule has 5 fully saturated rings. The molecule has 1 heterocycles. The number of rotatable bonds is 7. The zero-order chi connectivity index (χ0) is 26.5. The Labute approximate surface area is 228 Å². The molecule has 8 nitrogen and oxygen atoms in total. The highest BCUT2D eigenvalue weighted by Gasteiger charge is 2.55. The number of nitrogens with zero attached hydrogens (tertiary/aromatic N) is 1. The number of carbonyl (C=O) groups excluding carboxylic acids is 4. The van der Waals surface area contributed by atoms with Gasteiger partial charge >= 0.3 is 11.9 Å². The number of halogens is 1. The summed E-state index contributed by atoms with van der Waals surface area (Å²) in [6.07, 6.45) is 7.61. The van der Waals surface area contributed by atoms with E-state index >= 15 is 0 Å². The number of methoxy groups -OCH3 is 1. The van der Waals surface area contributed by atoms with Crippen LogP contribution in [-0.2, 0) is 19.1 Å². The second-order valence-corrected chi connectivity index (χ2v) is 12.8. The van der Waals surface area contributed by atoms with Crippen LogP contribution in [0.4, 0.5) is 4.79 Å². The molecule has 0 unspecified atom stereocenters. The van der Waals surface area contributed by atoms with Gasteiger partial charge < -0.3 is 14.2 Å². The van der Waals surface area contributed by atoms with Gasteiger partial charge in [-0.1, -0.05) is 0 Å². The fourth-order valence-electron chi connectivity index (χ4n) is 6.70. The number of esters is 2. The lowest BCUT2D eigenvalue weighted by atomic mass is 9.49. The second-order valence-electron chi connectivity index (χ2n) is 10.9. The molecule has 1 aromatic carbocycles. The Morgan fingerprint density at radius 1 is 1.14 bits per heavy atom. The van der Waals surface area contributed by atoms with Gasteiger partial charge in [0.25, 0.3) is 11.1 Å². The van der Waals surface area contributed by atoms with Crippen LogP contribution in [0.3, 0.4) is 0 Å². The van der Waals surface area contributed by atoms with Gasteiger partial charge in [-0.05, 0) is 122 Å². The van der Waals surface area contributed by atoms with Crippen LogP contribution in [0.25, 0.3) is 6.08 Å². The summed E-state index contributed by atoms with van der Waals surface area (Å²) in [6.45, 7) is 2.95. The number of benzene rings is 1. The van der Waals surface area contributed by atoms with Crippen molar-refractivity contribution >= 4 is 56.9 Å². The number of carbonyl (C=O) groups is 4. The summed E-state index contributed by atoms with van der Waals surface area (Å²) in [4.78, 5) is 51.6. The lowest BCUT2D eigenvalue weighted by molar-refractivity contribution is -0.161. The molecule has 0 atom stereocenters. The fourth-order valence-corrected chi connectivity index (χ4v) is 8.08. The number of amides is 2. The van der Waals surface area contributed by atoms with Crippen molar-refractivity contribution in [2.24, 2.45) is 23.2 Å². The maximum Gasteiger partial charge on any atom is 0.326 e. The molecule has 0 radical (unpaired) electrons. The molecule has 37 heavy (non-hydrogen) atoms. The van der Waals surface area contributed by atoms with Crippen molar-refractivity contribution in [1.82, 2.24) is 4.90 Å². The van der Waals surface area contributed by atoms with Gasteiger partial charge in [-0.15, -0.1) is 0 Å². The van der Waals surface area contributed by atoms with Gasteiger partial charge in [-0.3, -0.25) is 24.1 Å². The van der Waals surface area contributed by atoms with E-state index in [1.54, 1.807) is 32.1 Å². The number of hydrogen-bond acceptors (Lipinski definition) is 8. The molecule has 1 aliphatic heterocycles. The predicted octanol–water partition coefficient (Wildman–Crippen LogP) is 5.57. The third kappa shape index (κ3) is 5.19. The molecule has 198 valence electrons. The molecule has 4 aliphatic carbocycles. The molecule has 4 saturated carbocycles. The van der Waals surface area contributed by atoms with Crippen molar-refractivity contribution in [3.8, 4) is 11.5 Å². The molecular weight excluding hydrogens is 562 g/mol. The predicted molar refractivity (Wildman–Crippen MR) is 141 cm³/mol. The number of imide groups is 1. The largest absolute Gasteiger partial charge is 0.493 e. The Morgan fingerprint density at radius 2 is 1.76 bits per heavy atom. The van der Waals surface area contributed by atoms with Crippen LogP contribution < -0.4 is 9.47 Å². The maximum atomic E-state index is 13.5. The Hall–Kier alpha value is -2.33. The van der Waals surface area contributed by atoms with E-state index in [1.807, 2.05) is 0 Å². The average molecular weight is 593 g/mol. The molecular formula is C27H30BrNO7S. The van der Waals surface area contributed by atoms with Gasteiger partial charge in [-0.2, -0.15) is 0 Å². The molecule has 4 bridgehead atoms. The Bertz CT molecular complexity index is 1160. The van der Waals surface area contributed by atoms with Gasteiger partial charge in [-0.25, -0.2) is 0 Å². The van der Waals surface area contributed by atoms with E-state index in [4.69, 9.17) is 14.2 Å². The first-order valence-electron chi connectivity index (χ1n) is 12.6. The third-order valence-electron chi connectivity index (χ3n) is 7.74. The van der Waals surface area contributed by atoms with Gasteiger partial charge in [0.1, 0.15) is 6.54 Å². The summed E-state index contributed by atoms with van der Waals surface area (Å²) in [7, 11) is 1.49. The van der Waals surface area contributed by atoms with Crippen molar-refractivity contribution < 1.29 is 33.4 Å². The lowest BCUT2D eigenvalue weighted by Crippen LogP contribution is -2.51. The first-order chi connectivity index (χ1) is 17.6. The molecule has 10 heteroatoms. The Kier molecular flexibility index (Phi) is 7.17. The SMILES string of the molecule is COc1cc(/C=C2\SC(=O)N(CC(=O)OC(C)C)C2=O)cc(Br)c1OC(=O)C12CC3CC(CC(C3)C1)C2. The summed E-state index contributed by atoms with van der Waals surface area (Å²) in [5, 5.41) is -0.538. The highest BCUT2D eigenvalue weighted by atomic mass is 79.9. The number of hydrogen-bond donors (Lipinski definition) is 0. The monoisotopic (exact) mass is 591 g/mol. The summed E-state index contributed by atoms with van der Waals surface area (Å²) in [6, 6.07) is 3.37. The molecule has 2 amide bonds. The quantitative estimate of drug-likeness (QED) is 0.230. The number of ether oxygens (including phenoxy) is 3. The summed E-state index contributed by atoms with van der Waals surface area (Å²) in [5.74, 6) is 1.12. The topological polar surface area (TPSA) is 99.2 Å². The van der Waals surface area contributed by atoms with Crippen molar-refractivity contribution in [3.05, 3.63) is 27.1 Å². The smallest absolute Gasteiger partial charge is 0.326 e. The van der Waals surface area contributed by atoms with E-state index < -0.39 is 29.1 Å². The minimum Gasteiger partial charge on any atom is -0.493 e. The van der Waals surface area contributed by atoms with Gasteiger partial charge in [0.05, 0.1) is 28.0 Å². The van der Waals surface area contributed by atoms with E-state index in [9.17, 15) is 19.2 Å². The standard InChI is InChI=1S/C27H30BrNO7S/c1-14(2)35-22(30)13-29-24(31)21(37-26(29)33)9-15-7-19(28)23(20(8-15)34-3)36-25(32)27-10-16-4-17(11-27)6-18(5-16)12-27/h7-9,14,16-18H,4-6,10-13H2,1-3H3/b21-9-. The first kappa shape index (κ1) is 26.3. The fraction of sp³-hybridized carbons (Fsp3) is 0.556. The van der Waals surface area contributed by atoms with Crippen LogP contribution in [0.1, 0.15) is 57.9 Å².